The first kappa shape index (κ1) is 60.0. The second-order valence-electron chi connectivity index (χ2n) is 17.3. The number of benzene rings is 3. The van der Waals surface area contributed by atoms with Crippen LogP contribution in [0.2, 0.25) is 0 Å². The van der Waals surface area contributed by atoms with Crippen molar-refractivity contribution in [2.24, 2.45) is 10.8 Å². The molecule has 406 valence electrons. The maximum absolute atomic E-state index is 14.0. The van der Waals surface area contributed by atoms with Gasteiger partial charge in [-0.3, -0.25) is 19.2 Å². The number of nitrogens with one attached hydrogen (secondary N) is 2. The highest BCUT2D eigenvalue weighted by Gasteiger charge is 2.49. The molecule has 25 heteroatoms. The van der Waals surface area contributed by atoms with Crippen LogP contribution < -0.4 is 21.2 Å². The molecule has 1 unspecified atom stereocenters. The highest BCUT2D eigenvalue weighted by Crippen LogP contribution is 2.52. The van der Waals surface area contributed by atoms with Gasteiger partial charge in [0.15, 0.2) is 12.1 Å². The maximum Gasteiger partial charge on any atom is 0.252 e. The summed E-state index contributed by atoms with van der Waals surface area (Å²) in [5, 5.41) is 63.8. The molecule has 9 N–H and O–H groups in total. The van der Waals surface area contributed by atoms with E-state index in [0.29, 0.717) is 71.6 Å². The zero-order chi connectivity index (χ0) is 53.5. The Morgan fingerprint density at radius 3 is 2.04 bits per heavy atom. The molecule has 3 aromatic rings. The van der Waals surface area contributed by atoms with Gasteiger partial charge in [0.05, 0.1) is 146 Å². The summed E-state index contributed by atoms with van der Waals surface area (Å²) in [7, 11) is 1.32. The number of nitrogens with zero attached hydrogens (tertiary/aromatic N) is 1. The van der Waals surface area contributed by atoms with Gasteiger partial charge >= 0.3 is 0 Å². The fraction of sp³-hybridized carbons (Fsp3) is 0.531. The second kappa shape index (κ2) is 28.9. The molecule has 0 bridgehead atoms. The molecule has 1 heterocycles. The molecule has 1 aliphatic heterocycles. The summed E-state index contributed by atoms with van der Waals surface area (Å²) in [6.45, 7) is 4.80. The minimum atomic E-state index is -2.18. The third kappa shape index (κ3) is 15.3. The van der Waals surface area contributed by atoms with Crippen molar-refractivity contribution in [2.75, 3.05) is 99.5 Å². The molecule has 1 fully saturated rings. The van der Waals surface area contributed by atoms with Crippen LogP contribution in [-0.2, 0) is 49.1 Å². The first-order chi connectivity index (χ1) is 35.5. The van der Waals surface area contributed by atoms with Gasteiger partial charge in [0.2, 0.25) is 11.7 Å². The summed E-state index contributed by atoms with van der Waals surface area (Å²) in [4.78, 5) is 53.3. The van der Waals surface area contributed by atoms with E-state index in [0.717, 1.165) is 10.7 Å². The zero-order valence-corrected chi connectivity index (χ0v) is 47.2. The van der Waals surface area contributed by atoms with Crippen LogP contribution >= 0.6 is 67.8 Å². The summed E-state index contributed by atoms with van der Waals surface area (Å²) in [6, 6.07) is 7.46. The molecular weight excluding hydrogens is 1310 g/mol. The topological polar surface area (TPSA) is 315 Å². The van der Waals surface area contributed by atoms with Crippen LogP contribution in [0.15, 0.2) is 35.4 Å². The summed E-state index contributed by atoms with van der Waals surface area (Å²) >= 11 is 6.58. The van der Waals surface area contributed by atoms with E-state index in [2.05, 4.69) is 83.6 Å². The lowest BCUT2D eigenvalue weighted by atomic mass is 9.71. The van der Waals surface area contributed by atoms with Crippen molar-refractivity contribution in [1.82, 2.24) is 10.7 Å². The van der Waals surface area contributed by atoms with E-state index in [4.69, 9.17) is 48.4 Å². The Hall–Kier alpha value is -3.28. The molecule has 22 nitrogen and oxygen atoms in total. The minimum absolute atomic E-state index is 0.0124. The molecule has 2 amide bonds. The average Bonchev–Trinajstić information content (AvgIpc) is 3.37. The Morgan fingerprint density at radius 1 is 0.851 bits per heavy atom. The molecule has 3 aromatic carbocycles. The lowest BCUT2D eigenvalue weighted by Crippen LogP contribution is -2.53. The number of aromatic hydroxyl groups is 2. The quantitative estimate of drug-likeness (QED) is 0.0101. The predicted molar refractivity (Wildman–Crippen MR) is 289 cm³/mol. The molecule has 1 saturated heterocycles. The van der Waals surface area contributed by atoms with Gasteiger partial charge in [-0.2, -0.15) is 5.10 Å². The number of halogens is 3. The van der Waals surface area contributed by atoms with Gasteiger partial charge in [-0.05, 0) is 92.9 Å². The molecule has 0 radical (unpaired) electrons. The largest absolute Gasteiger partial charge is 0.507 e. The number of fused-ring (bicyclic) bond motifs is 3. The minimum Gasteiger partial charge on any atom is -0.507 e. The van der Waals surface area contributed by atoms with Gasteiger partial charge in [0.1, 0.15) is 22.8 Å². The number of ether oxygens (including phenoxy) is 9. The summed E-state index contributed by atoms with van der Waals surface area (Å²) in [6.07, 6.45) is -5.49. The van der Waals surface area contributed by atoms with Crippen molar-refractivity contribution in [3.05, 3.63) is 80.0 Å². The van der Waals surface area contributed by atoms with Crippen molar-refractivity contribution >= 4 is 96.9 Å². The van der Waals surface area contributed by atoms with Crippen LogP contribution in [0.1, 0.15) is 85.6 Å². The van der Waals surface area contributed by atoms with E-state index in [1.165, 1.54) is 25.3 Å². The zero-order valence-electron chi connectivity index (χ0n) is 40.7. The molecule has 0 aromatic heterocycles. The fourth-order valence-corrected chi connectivity index (χ4v) is 10.9. The van der Waals surface area contributed by atoms with E-state index in [1.54, 1.807) is 6.92 Å². The van der Waals surface area contributed by atoms with Gasteiger partial charge in [-0.25, -0.2) is 5.43 Å². The number of hydrazone groups is 1. The van der Waals surface area contributed by atoms with E-state index < -0.39 is 95.8 Å². The van der Waals surface area contributed by atoms with Crippen molar-refractivity contribution in [2.45, 2.75) is 68.9 Å². The number of phenolic OH excluding ortho intramolecular Hbond substituents is 2. The van der Waals surface area contributed by atoms with Gasteiger partial charge in [0.25, 0.3) is 5.91 Å². The Balaban J connectivity index is 0.884. The first-order valence-corrected chi connectivity index (χ1v) is 26.9. The predicted octanol–water partition coefficient (Wildman–Crippen LogP) is 2.64. The van der Waals surface area contributed by atoms with Crippen LogP contribution in [0.25, 0.3) is 0 Å². The highest BCUT2D eigenvalue weighted by atomic mass is 127. The van der Waals surface area contributed by atoms with Crippen molar-refractivity contribution in [3.63, 3.8) is 0 Å². The summed E-state index contributed by atoms with van der Waals surface area (Å²) in [5.41, 5.74) is 5.11. The number of methoxy groups -OCH3 is 1. The van der Waals surface area contributed by atoms with Gasteiger partial charge in [0, 0.05) is 59.2 Å². The van der Waals surface area contributed by atoms with E-state index in [1.807, 2.05) is 12.1 Å². The second-order valence-corrected chi connectivity index (χ2v) is 20.7. The van der Waals surface area contributed by atoms with Crippen molar-refractivity contribution < 1.29 is 87.3 Å². The standard InChI is InChI=1S/C49H61I3N4O18/c1-26-43(59)32(53)22-37(73-26)74-34-24-49(65,23-30-39(34)47(63)41-40(45(30)61)44(60)28-4-3-5-33(66-2)38(28)46(41)62)35(25-57)55-56-36(58)6-8-67-10-12-69-14-16-71-18-19-72-17-15-70-13-11-68-9-7-54-48(64)29-20-27(50)21-31(51)42(29)52/h3-5,20-21,26,32,34,37,43,57,59,61,63,65H,6-19,22-25,53H2,1-2H3,(H,54,64)(H,56,58)/b55-35+/t26?,32-,34-,37+,43-,49-/m1/s1. The fourth-order valence-electron chi connectivity index (χ4n) is 8.50. The van der Waals surface area contributed by atoms with Crippen LogP contribution in [0, 0.1) is 10.7 Å². The molecule has 74 heavy (non-hydrogen) atoms. The smallest absolute Gasteiger partial charge is 0.252 e. The van der Waals surface area contributed by atoms with Gasteiger partial charge in [-0.1, -0.05) is 12.1 Å². The van der Waals surface area contributed by atoms with E-state index >= 15 is 0 Å². The Morgan fingerprint density at radius 2 is 1.45 bits per heavy atom. The number of rotatable bonds is 28. The number of hydrogen-bond acceptors (Lipinski definition) is 20. The molecule has 6 atom stereocenters. The first-order valence-electron chi connectivity index (χ1n) is 23.7. The number of nitrogens with two attached hydrogens (primary N) is 1. The third-order valence-corrected chi connectivity index (χ3v) is 15.9. The van der Waals surface area contributed by atoms with E-state index in [9.17, 15) is 44.7 Å². The van der Waals surface area contributed by atoms with Crippen molar-refractivity contribution in [3.8, 4) is 17.2 Å². The van der Waals surface area contributed by atoms with Crippen LogP contribution in [0.4, 0.5) is 0 Å². The number of ketones is 2. The molecular formula is C49H61I3N4O18. The molecule has 0 saturated carbocycles. The lowest BCUT2D eigenvalue weighted by Gasteiger charge is -2.43. The van der Waals surface area contributed by atoms with E-state index in [-0.39, 0.29) is 72.3 Å². The normalized spacial score (nSPS) is 21.5. The van der Waals surface area contributed by atoms with Crippen LogP contribution in [-0.4, -0.2) is 184 Å². The third-order valence-electron chi connectivity index (χ3n) is 12.2. The molecule has 0 spiro atoms. The number of hydrogen-bond donors (Lipinski definition) is 8. The molecule has 3 aliphatic rings. The Kier molecular flexibility index (Phi) is 23.4. The monoisotopic (exact) mass is 1370 g/mol. The average molecular weight is 1370 g/mol. The number of carbonyl (C=O) groups is 4. The highest BCUT2D eigenvalue weighted by molar-refractivity contribution is 14.1. The summed E-state index contributed by atoms with van der Waals surface area (Å²) < 4.78 is 53.5. The molecule has 2 aliphatic carbocycles. The number of aliphatic hydroxyl groups is 3. The lowest BCUT2D eigenvalue weighted by molar-refractivity contribution is -0.245. The van der Waals surface area contributed by atoms with Crippen molar-refractivity contribution in [1.29, 1.82) is 0 Å². The Labute approximate surface area is 468 Å². The maximum atomic E-state index is 14.0. The number of carbonyl (C=O) groups excluding carboxylic acids is 4. The molecule has 6 rings (SSSR count). The van der Waals surface area contributed by atoms with Gasteiger partial charge in [-0.15, -0.1) is 0 Å². The number of amides is 2. The Bertz CT molecular complexity index is 2490. The summed E-state index contributed by atoms with van der Waals surface area (Å²) in [5.74, 6) is -3.66. The SMILES string of the molecule is COc1cccc2c1C(=O)c1c(O)c3c(c(O)c1C2=O)C[C@](O)(/C(CO)=N/NC(=O)CCOCCOCCOCCOCCOCCOCCNC(=O)c1cc(I)cc(I)c1I)C[C@H]3O[C@H]1C[C@@H](N)[C@H](O)C(C)O1. The van der Waals surface area contributed by atoms with Crippen LogP contribution in [0.5, 0.6) is 17.2 Å². The number of aliphatic hydroxyl groups excluding tert-OH is 2. The van der Waals surface area contributed by atoms with Gasteiger partial charge < -0.3 is 79.2 Å². The number of phenols is 2. The van der Waals surface area contributed by atoms with Crippen LogP contribution in [0.3, 0.4) is 0 Å².